The van der Waals surface area contributed by atoms with Crippen LogP contribution in [0.5, 0.6) is 0 Å². The van der Waals surface area contributed by atoms with Gasteiger partial charge in [0, 0.05) is 17.8 Å². The topological polar surface area (TPSA) is 33.2 Å². The van der Waals surface area contributed by atoms with Crippen molar-refractivity contribution in [1.82, 2.24) is 9.88 Å². The lowest BCUT2D eigenvalue weighted by atomic mass is 10.2. The highest BCUT2D eigenvalue weighted by molar-refractivity contribution is 7.09. The molecule has 94 valence electrons. The summed E-state index contributed by atoms with van der Waals surface area (Å²) in [4.78, 5) is 17.4. The third-order valence-electron chi connectivity index (χ3n) is 2.86. The molecule has 0 radical (unpaired) electrons. The van der Waals surface area contributed by atoms with Crippen LogP contribution in [0.3, 0.4) is 0 Å². The van der Waals surface area contributed by atoms with Crippen molar-refractivity contribution in [1.29, 1.82) is 0 Å². The van der Waals surface area contributed by atoms with Gasteiger partial charge in [-0.3, -0.25) is 4.79 Å². The number of alkyl halides is 2. The van der Waals surface area contributed by atoms with Gasteiger partial charge in [0.2, 0.25) is 0 Å². The van der Waals surface area contributed by atoms with E-state index >= 15 is 0 Å². The van der Waals surface area contributed by atoms with Crippen molar-refractivity contribution in [2.24, 2.45) is 0 Å². The van der Waals surface area contributed by atoms with Gasteiger partial charge in [-0.05, 0) is 13.3 Å². The Balaban J connectivity index is 2.15. The summed E-state index contributed by atoms with van der Waals surface area (Å²) in [6.45, 7) is 3.09. The third-order valence-corrected chi connectivity index (χ3v) is 3.86. The van der Waals surface area contributed by atoms with E-state index in [1.807, 2.05) is 6.92 Å². The van der Waals surface area contributed by atoms with Gasteiger partial charge in [0.1, 0.15) is 5.69 Å². The Bertz CT molecular complexity index is 433. The third kappa shape index (κ3) is 2.46. The minimum atomic E-state index is -2.77. The van der Waals surface area contributed by atoms with E-state index in [1.54, 1.807) is 12.3 Å². The average Bonchev–Trinajstić information content (AvgIpc) is 2.81. The number of nitrogens with zero attached hydrogens (tertiary/aromatic N) is 2. The van der Waals surface area contributed by atoms with E-state index in [0.29, 0.717) is 0 Å². The van der Waals surface area contributed by atoms with Gasteiger partial charge in [-0.1, -0.05) is 6.92 Å². The molecule has 0 spiro atoms. The number of hydrogen-bond donors (Lipinski definition) is 0. The number of aromatic nitrogens is 1. The first-order valence-electron chi connectivity index (χ1n) is 5.56. The van der Waals surface area contributed by atoms with Crippen LogP contribution in [0.2, 0.25) is 0 Å². The molecule has 0 aromatic carbocycles. The van der Waals surface area contributed by atoms with E-state index in [0.717, 1.165) is 11.4 Å². The fourth-order valence-electron chi connectivity index (χ4n) is 2.00. The molecular formula is C11H14F2N2OS. The van der Waals surface area contributed by atoms with Crippen molar-refractivity contribution in [3.8, 4) is 0 Å². The summed E-state index contributed by atoms with van der Waals surface area (Å²) in [5.41, 5.74) is 0.288. The van der Waals surface area contributed by atoms with Gasteiger partial charge in [0.15, 0.2) is 0 Å². The molecule has 2 heterocycles. The molecule has 1 atom stereocenters. The molecule has 1 aliphatic rings. The van der Waals surface area contributed by atoms with Crippen molar-refractivity contribution in [2.45, 2.75) is 38.7 Å². The minimum absolute atomic E-state index is 0.260. The standard InChI is InChI=1S/C11H14F2N2OS/c1-3-9-14-8(5-17-9)10(16)15-6-11(12,13)4-7(15)2/h5,7H,3-4,6H2,1-2H3/t7-/m0/s1. The Labute approximate surface area is 102 Å². The van der Waals surface area contributed by atoms with E-state index in [1.165, 1.54) is 16.2 Å². The van der Waals surface area contributed by atoms with Crippen molar-refractivity contribution in [3.05, 3.63) is 16.1 Å². The fraction of sp³-hybridized carbons (Fsp3) is 0.636. The van der Waals surface area contributed by atoms with Gasteiger partial charge in [-0.25, -0.2) is 13.8 Å². The van der Waals surface area contributed by atoms with Crippen LogP contribution in [0.15, 0.2) is 5.38 Å². The molecule has 0 saturated carbocycles. The minimum Gasteiger partial charge on any atom is -0.328 e. The quantitative estimate of drug-likeness (QED) is 0.818. The summed E-state index contributed by atoms with van der Waals surface area (Å²) < 4.78 is 26.4. The number of likely N-dealkylation sites (tertiary alicyclic amines) is 1. The SMILES string of the molecule is CCc1nc(C(=O)N2CC(F)(F)C[C@@H]2C)cs1. The maximum absolute atomic E-state index is 13.2. The lowest BCUT2D eigenvalue weighted by molar-refractivity contribution is 0.0118. The Hall–Kier alpha value is -1.04. The molecule has 1 amide bonds. The molecule has 1 saturated heterocycles. The summed E-state index contributed by atoms with van der Waals surface area (Å²) in [7, 11) is 0. The smallest absolute Gasteiger partial charge is 0.273 e. The Kier molecular flexibility index (Phi) is 3.16. The summed E-state index contributed by atoms with van der Waals surface area (Å²) in [6, 6.07) is -0.427. The number of hydrogen-bond acceptors (Lipinski definition) is 3. The van der Waals surface area contributed by atoms with Crippen LogP contribution in [-0.4, -0.2) is 34.3 Å². The lowest BCUT2D eigenvalue weighted by Gasteiger charge is -2.19. The van der Waals surface area contributed by atoms with Crippen LogP contribution in [0, 0.1) is 0 Å². The van der Waals surface area contributed by atoms with Crippen LogP contribution in [0.25, 0.3) is 0 Å². The van der Waals surface area contributed by atoms with E-state index in [9.17, 15) is 13.6 Å². The average molecular weight is 260 g/mol. The molecule has 1 aliphatic heterocycles. The predicted octanol–water partition coefficient (Wildman–Crippen LogP) is 2.58. The van der Waals surface area contributed by atoms with E-state index < -0.39 is 18.5 Å². The molecule has 17 heavy (non-hydrogen) atoms. The molecule has 1 fully saturated rings. The zero-order valence-electron chi connectivity index (χ0n) is 9.74. The summed E-state index contributed by atoms with van der Waals surface area (Å²) >= 11 is 1.39. The number of rotatable bonds is 2. The molecule has 0 unspecified atom stereocenters. The molecule has 0 bridgehead atoms. The summed E-state index contributed by atoms with van der Waals surface area (Å²) in [5, 5.41) is 2.50. The van der Waals surface area contributed by atoms with Crippen molar-refractivity contribution >= 4 is 17.2 Å². The molecule has 0 aliphatic carbocycles. The van der Waals surface area contributed by atoms with Gasteiger partial charge in [-0.15, -0.1) is 11.3 Å². The second-order valence-electron chi connectivity index (χ2n) is 4.32. The molecular weight excluding hydrogens is 246 g/mol. The highest BCUT2D eigenvalue weighted by Gasteiger charge is 2.45. The van der Waals surface area contributed by atoms with Gasteiger partial charge in [-0.2, -0.15) is 0 Å². The zero-order valence-corrected chi connectivity index (χ0v) is 10.6. The first kappa shape index (κ1) is 12.4. The van der Waals surface area contributed by atoms with Crippen molar-refractivity contribution in [3.63, 3.8) is 0 Å². The van der Waals surface area contributed by atoms with Gasteiger partial charge in [0.05, 0.1) is 11.6 Å². The maximum atomic E-state index is 13.2. The number of thiazole rings is 1. The number of carbonyl (C=O) groups excluding carboxylic acids is 1. The Morgan fingerprint density at radius 3 is 2.88 bits per heavy atom. The zero-order chi connectivity index (χ0) is 12.6. The van der Waals surface area contributed by atoms with Gasteiger partial charge in [0.25, 0.3) is 11.8 Å². The van der Waals surface area contributed by atoms with E-state index in [2.05, 4.69) is 4.98 Å². The summed E-state index contributed by atoms with van der Waals surface area (Å²) in [6.07, 6.45) is 0.493. The summed E-state index contributed by atoms with van der Waals surface area (Å²) in [5.74, 6) is -3.15. The number of amides is 1. The highest BCUT2D eigenvalue weighted by Crippen LogP contribution is 2.32. The fourth-order valence-corrected chi connectivity index (χ4v) is 2.72. The van der Waals surface area contributed by atoms with E-state index in [-0.39, 0.29) is 18.0 Å². The van der Waals surface area contributed by atoms with Crippen molar-refractivity contribution < 1.29 is 13.6 Å². The Morgan fingerprint density at radius 2 is 2.41 bits per heavy atom. The first-order valence-corrected chi connectivity index (χ1v) is 6.44. The molecule has 1 aromatic rings. The monoisotopic (exact) mass is 260 g/mol. The van der Waals surface area contributed by atoms with Crippen LogP contribution < -0.4 is 0 Å². The van der Waals surface area contributed by atoms with Crippen LogP contribution in [0.4, 0.5) is 8.78 Å². The number of carbonyl (C=O) groups is 1. The normalized spacial score (nSPS) is 23.1. The van der Waals surface area contributed by atoms with Gasteiger partial charge >= 0.3 is 0 Å². The van der Waals surface area contributed by atoms with Crippen LogP contribution in [0.1, 0.15) is 35.8 Å². The van der Waals surface area contributed by atoms with Gasteiger partial charge < -0.3 is 4.90 Å². The maximum Gasteiger partial charge on any atom is 0.273 e. The molecule has 2 rings (SSSR count). The molecule has 1 aromatic heterocycles. The number of halogens is 2. The van der Waals surface area contributed by atoms with E-state index in [4.69, 9.17) is 0 Å². The largest absolute Gasteiger partial charge is 0.328 e. The predicted molar refractivity (Wildman–Crippen MR) is 61.6 cm³/mol. The lowest BCUT2D eigenvalue weighted by Crippen LogP contribution is -2.35. The molecule has 6 heteroatoms. The van der Waals surface area contributed by atoms with Crippen LogP contribution in [-0.2, 0) is 6.42 Å². The molecule has 0 N–H and O–H groups in total. The van der Waals surface area contributed by atoms with Crippen LogP contribution >= 0.6 is 11.3 Å². The highest BCUT2D eigenvalue weighted by atomic mass is 32.1. The first-order chi connectivity index (χ1) is 7.93. The number of aryl methyl sites for hydroxylation is 1. The Morgan fingerprint density at radius 1 is 1.71 bits per heavy atom. The molecule has 3 nitrogen and oxygen atoms in total. The second kappa shape index (κ2) is 4.33. The second-order valence-corrected chi connectivity index (χ2v) is 5.26. The van der Waals surface area contributed by atoms with Crippen molar-refractivity contribution in [2.75, 3.05) is 6.54 Å².